The number of hydrogen-bond donors (Lipinski definition) is 1. The van der Waals surface area contributed by atoms with E-state index in [-0.39, 0.29) is 10.9 Å². The second-order valence-electron chi connectivity index (χ2n) is 4.49. The van der Waals surface area contributed by atoms with Gasteiger partial charge in [-0.15, -0.1) is 11.3 Å². The van der Waals surface area contributed by atoms with E-state index in [4.69, 9.17) is 11.6 Å². The third-order valence-electron chi connectivity index (χ3n) is 1.77. The van der Waals surface area contributed by atoms with Gasteiger partial charge < -0.3 is 5.11 Å². The average Bonchev–Trinajstić information content (AvgIpc) is 2.47. The van der Waals surface area contributed by atoms with Gasteiger partial charge in [0.15, 0.2) is 0 Å². The van der Waals surface area contributed by atoms with E-state index < -0.39 is 0 Å². The first-order valence-corrected chi connectivity index (χ1v) is 7.11. The number of rotatable bonds is 4. The first-order valence-electron chi connectivity index (χ1n) is 4.93. The van der Waals surface area contributed by atoms with E-state index in [2.05, 4.69) is 20.8 Å². The molecule has 1 aromatic rings. The lowest BCUT2D eigenvalue weighted by atomic mass is 10.2. The second kappa shape index (κ2) is 5.58. The summed E-state index contributed by atoms with van der Waals surface area (Å²) in [5, 5.41) is 9.82. The molecule has 0 spiro atoms. The molecule has 4 heteroatoms. The lowest BCUT2D eigenvalue weighted by Crippen LogP contribution is -2.18. The molecule has 0 aliphatic rings. The topological polar surface area (TPSA) is 20.2 Å². The van der Waals surface area contributed by atoms with Gasteiger partial charge in [-0.05, 0) is 12.1 Å². The summed E-state index contributed by atoms with van der Waals surface area (Å²) in [7, 11) is 0. The monoisotopic (exact) mass is 264 g/mol. The van der Waals surface area contributed by atoms with E-state index in [9.17, 15) is 5.11 Å². The van der Waals surface area contributed by atoms with Gasteiger partial charge in [-0.25, -0.2) is 0 Å². The van der Waals surface area contributed by atoms with Crippen LogP contribution in [-0.4, -0.2) is 21.7 Å². The van der Waals surface area contributed by atoms with Crippen LogP contribution in [0.3, 0.4) is 0 Å². The maximum absolute atomic E-state index is 9.82. The van der Waals surface area contributed by atoms with Crippen molar-refractivity contribution in [3.05, 3.63) is 21.3 Å². The summed E-state index contributed by atoms with van der Waals surface area (Å²) in [5.41, 5.74) is 0. The summed E-state index contributed by atoms with van der Waals surface area (Å²) in [6.07, 6.45) is 0.435. The molecule has 0 saturated heterocycles. The molecular weight excluding hydrogens is 248 g/mol. The minimum Gasteiger partial charge on any atom is -0.392 e. The van der Waals surface area contributed by atoms with E-state index in [1.807, 2.05) is 12.1 Å². The summed E-state index contributed by atoms with van der Waals surface area (Å²) in [4.78, 5) is 1.15. The molecule has 0 aliphatic carbocycles. The van der Waals surface area contributed by atoms with Crippen molar-refractivity contribution in [2.45, 2.75) is 38.0 Å². The predicted molar refractivity (Wildman–Crippen MR) is 71.3 cm³/mol. The highest BCUT2D eigenvalue weighted by molar-refractivity contribution is 8.00. The molecule has 0 radical (unpaired) electrons. The Labute approximate surface area is 105 Å². The molecule has 0 fully saturated rings. The van der Waals surface area contributed by atoms with Crippen LogP contribution in [0, 0.1) is 0 Å². The van der Waals surface area contributed by atoms with Gasteiger partial charge in [-0.3, -0.25) is 0 Å². The number of aliphatic hydroxyl groups is 1. The SMILES string of the molecule is CC(C)(C)SCC(O)Cc1ccc(Cl)s1. The van der Waals surface area contributed by atoms with Crippen LogP contribution >= 0.6 is 34.7 Å². The molecule has 1 unspecified atom stereocenters. The Balaban J connectivity index is 2.33. The molecule has 15 heavy (non-hydrogen) atoms. The van der Waals surface area contributed by atoms with Crippen molar-refractivity contribution in [2.24, 2.45) is 0 Å². The fraction of sp³-hybridized carbons (Fsp3) is 0.636. The number of thioether (sulfide) groups is 1. The number of halogens is 1. The molecule has 1 rings (SSSR count). The Hall–Kier alpha value is 0.300. The highest BCUT2D eigenvalue weighted by Crippen LogP contribution is 2.26. The van der Waals surface area contributed by atoms with Gasteiger partial charge in [0.2, 0.25) is 0 Å². The van der Waals surface area contributed by atoms with Crippen molar-refractivity contribution in [2.75, 3.05) is 5.75 Å². The van der Waals surface area contributed by atoms with Crippen molar-refractivity contribution in [1.82, 2.24) is 0 Å². The Morgan fingerprint density at radius 2 is 2.13 bits per heavy atom. The molecule has 1 heterocycles. The molecule has 0 aliphatic heterocycles. The molecular formula is C11H17ClOS2. The summed E-state index contributed by atoms with van der Waals surface area (Å²) in [6.45, 7) is 6.48. The minimum absolute atomic E-state index is 0.216. The molecule has 0 amide bonds. The molecule has 1 nitrogen and oxygen atoms in total. The van der Waals surface area contributed by atoms with Gasteiger partial charge in [0.25, 0.3) is 0 Å². The van der Waals surface area contributed by atoms with Gasteiger partial charge >= 0.3 is 0 Å². The van der Waals surface area contributed by atoms with Crippen molar-refractivity contribution < 1.29 is 5.11 Å². The van der Waals surface area contributed by atoms with Crippen LogP contribution in [0.1, 0.15) is 25.6 Å². The highest BCUT2D eigenvalue weighted by Gasteiger charge is 2.14. The summed E-state index contributed by atoms with van der Waals surface area (Å²) >= 11 is 9.16. The quantitative estimate of drug-likeness (QED) is 0.892. The zero-order chi connectivity index (χ0) is 11.5. The normalized spacial score (nSPS) is 14.2. The van der Waals surface area contributed by atoms with Crippen LogP contribution in [0.2, 0.25) is 4.34 Å². The Morgan fingerprint density at radius 1 is 1.47 bits per heavy atom. The third kappa shape index (κ3) is 5.81. The summed E-state index contributed by atoms with van der Waals surface area (Å²) in [6, 6.07) is 3.86. The van der Waals surface area contributed by atoms with Gasteiger partial charge in [0.05, 0.1) is 10.4 Å². The molecule has 1 aromatic heterocycles. The van der Waals surface area contributed by atoms with Crippen LogP contribution in [0.4, 0.5) is 0 Å². The Bertz CT molecular complexity index is 304. The number of aliphatic hydroxyl groups excluding tert-OH is 1. The lowest BCUT2D eigenvalue weighted by molar-refractivity contribution is 0.201. The first kappa shape index (κ1) is 13.4. The number of hydrogen-bond acceptors (Lipinski definition) is 3. The van der Waals surface area contributed by atoms with E-state index in [0.717, 1.165) is 15.0 Å². The van der Waals surface area contributed by atoms with Gasteiger partial charge in [-0.2, -0.15) is 11.8 Å². The predicted octanol–water partition coefficient (Wildman–Crippen LogP) is 3.84. The van der Waals surface area contributed by atoms with Crippen LogP contribution in [-0.2, 0) is 6.42 Å². The summed E-state index contributed by atoms with van der Waals surface area (Å²) < 4.78 is 1.01. The zero-order valence-electron chi connectivity index (χ0n) is 9.29. The van der Waals surface area contributed by atoms with Crippen LogP contribution in [0.15, 0.2) is 12.1 Å². The van der Waals surface area contributed by atoms with E-state index in [1.54, 1.807) is 23.1 Å². The Kier molecular flexibility index (Phi) is 4.97. The standard InChI is InChI=1S/C11H17ClOS2/c1-11(2,3)14-7-8(13)6-9-4-5-10(12)15-9/h4-5,8,13H,6-7H2,1-3H3. The Morgan fingerprint density at radius 3 is 2.60 bits per heavy atom. The van der Waals surface area contributed by atoms with Gasteiger partial charge in [0, 0.05) is 21.8 Å². The highest BCUT2D eigenvalue weighted by atomic mass is 35.5. The smallest absolute Gasteiger partial charge is 0.0931 e. The molecule has 1 atom stereocenters. The average molecular weight is 265 g/mol. The van der Waals surface area contributed by atoms with Crippen molar-refractivity contribution in [3.63, 3.8) is 0 Å². The fourth-order valence-electron chi connectivity index (χ4n) is 1.10. The fourth-order valence-corrected chi connectivity index (χ4v) is 3.07. The van der Waals surface area contributed by atoms with Crippen LogP contribution < -0.4 is 0 Å². The van der Waals surface area contributed by atoms with E-state index in [0.29, 0.717) is 6.42 Å². The molecule has 0 aromatic carbocycles. The van der Waals surface area contributed by atoms with Crippen molar-refractivity contribution >= 4 is 34.7 Å². The molecule has 1 N–H and O–H groups in total. The molecule has 0 saturated carbocycles. The van der Waals surface area contributed by atoms with Gasteiger partial charge in [0.1, 0.15) is 0 Å². The third-order valence-corrected chi connectivity index (χ3v) is 4.45. The maximum Gasteiger partial charge on any atom is 0.0931 e. The van der Waals surface area contributed by atoms with Gasteiger partial charge in [-0.1, -0.05) is 32.4 Å². The van der Waals surface area contributed by atoms with Crippen molar-refractivity contribution in [3.8, 4) is 0 Å². The van der Waals surface area contributed by atoms with E-state index >= 15 is 0 Å². The zero-order valence-corrected chi connectivity index (χ0v) is 11.7. The lowest BCUT2D eigenvalue weighted by Gasteiger charge is -2.19. The largest absolute Gasteiger partial charge is 0.392 e. The van der Waals surface area contributed by atoms with E-state index in [1.165, 1.54) is 0 Å². The maximum atomic E-state index is 9.82. The molecule has 0 bridgehead atoms. The second-order valence-corrected chi connectivity index (χ2v) is 8.13. The molecule has 86 valence electrons. The first-order chi connectivity index (χ1) is 6.87. The minimum atomic E-state index is -0.274. The van der Waals surface area contributed by atoms with Crippen LogP contribution in [0.5, 0.6) is 0 Å². The van der Waals surface area contributed by atoms with Crippen molar-refractivity contribution in [1.29, 1.82) is 0 Å². The number of thiophene rings is 1. The summed E-state index contributed by atoms with van der Waals surface area (Å²) in [5.74, 6) is 0.777. The van der Waals surface area contributed by atoms with Crippen LogP contribution in [0.25, 0.3) is 0 Å².